The van der Waals surface area contributed by atoms with Gasteiger partial charge in [0.25, 0.3) is 0 Å². The highest BCUT2D eigenvalue weighted by Crippen LogP contribution is 2.47. The van der Waals surface area contributed by atoms with Crippen molar-refractivity contribution in [3.8, 4) is 0 Å². The Morgan fingerprint density at radius 3 is 1.39 bits per heavy atom. The monoisotopic (exact) mass is 738 g/mol. The lowest BCUT2D eigenvalue weighted by atomic mass is 9.79. The fraction of sp³-hybridized carbons (Fsp3) is 0.146. The molecule has 8 aromatic rings. The van der Waals surface area contributed by atoms with Gasteiger partial charge in [-0.1, -0.05) is 182 Å². The second-order valence-corrected chi connectivity index (χ2v) is 13.8. The van der Waals surface area contributed by atoms with E-state index < -0.39 is 35.8 Å². The number of ether oxygens (including phenoxy) is 3. The molecule has 276 valence electrons. The van der Waals surface area contributed by atoms with Crippen LogP contribution < -0.4 is 0 Å². The minimum Gasteiger partial charge on any atom is -0.358 e. The van der Waals surface area contributed by atoms with Crippen LogP contribution in [0.15, 0.2) is 201 Å². The van der Waals surface area contributed by atoms with E-state index in [2.05, 4.69) is 51.4 Å². The van der Waals surface area contributed by atoms with E-state index in [1.807, 2.05) is 146 Å². The standard InChI is InChI=1S/C48H39FN4O3/c49-43-44(56-48(38-25-13-4-14-26-38,39-27-15-5-16-28-39)40-29-17-6-18-30-40)42(55-46(43)53-34-52-41-31-50-33-51-45(41)53)32-54-47(35-19-7-1-8-20-35,36-21-9-2-10-22-36)37-23-11-3-12-24-37/h1-31,33-34,42-44,46H,32H2/t42-,43+,44-,46-/m1/s1. The van der Waals surface area contributed by atoms with Crippen LogP contribution >= 0.6 is 0 Å². The summed E-state index contributed by atoms with van der Waals surface area (Å²) in [5, 5.41) is 0. The molecule has 0 saturated carbocycles. The first-order valence-electron chi connectivity index (χ1n) is 18.8. The van der Waals surface area contributed by atoms with Crippen LogP contribution in [0, 0.1) is 0 Å². The molecule has 56 heavy (non-hydrogen) atoms. The molecule has 0 amide bonds. The number of fused-ring (bicyclic) bond motifs is 1. The third-order valence-electron chi connectivity index (χ3n) is 10.6. The van der Waals surface area contributed by atoms with Crippen molar-refractivity contribution >= 4 is 11.2 Å². The third kappa shape index (κ3) is 6.27. The smallest absolute Gasteiger partial charge is 0.174 e. The second-order valence-electron chi connectivity index (χ2n) is 13.8. The zero-order valence-corrected chi connectivity index (χ0v) is 30.5. The van der Waals surface area contributed by atoms with Gasteiger partial charge in [0.2, 0.25) is 0 Å². The predicted octanol–water partition coefficient (Wildman–Crippen LogP) is 9.45. The Labute approximate surface area is 325 Å². The summed E-state index contributed by atoms with van der Waals surface area (Å²) in [7, 11) is 0. The van der Waals surface area contributed by atoms with Gasteiger partial charge in [0.05, 0.1) is 19.1 Å². The molecule has 8 heteroatoms. The van der Waals surface area contributed by atoms with Gasteiger partial charge >= 0.3 is 0 Å². The quantitative estimate of drug-likeness (QED) is 0.116. The van der Waals surface area contributed by atoms with Gasteiger partial charge in [0, 0.05) is 0 Å². The number of rotatable bonds is 12. The van der Waals surface area contributed by atoms with Crippen LogP contribution in [-0.2, 0) is 25.4 Å². The summed E-state index contributed by atoms with van der Waals surface area (Å²) in [6.07, 6.45) is -0.261. The third-order valence-corrected chi connectivity index (χ3v) is 10.6. The number of imidazole rings is 1. The predicted molar refractivity (Wildman–Crippen MR) is 213 cm³/mol. The molecule has 6 aromatic carbocycles. The summed E-state index contributed by atoms with van der Waals surface area (Å²) in [4.78, 5) is 13.1. The normalized spacial score (nSPS) is 18.6. The number of halogens is 1. The van der Waals surface area contributed by atoms with Crippen molar-refractivity contribution in [1.29, 1.82) is 0 Å². The Kier molecular flexibility index (Phi) is 9.75. The topological polar surface area (TPSA) is 71.3 Å². The van der Waals surface area contributed by atoms with Gasteiger partial charge in [0.1, 0.15) is 35.3 Å². The molecule has 2 aromatic heterocycles. The summed E-state index contributed by atoms with van der Waals surface area (Å²) in [5.74, 6) is 0. The zero-order chi connectivity index (χ0) is 37.8. The van der Waals surface area contributed by atoms with Crippen LogP contribution in [-0.4, -0.2) is 44.5 Å². The van der Waals surface area contributed by atoms with Gasteiger partial charge in [-0.25, -0.2) is 19.3 Å². The first-order valence-corrected chi connectivity index (χ1v) is 18.8. The van der Waals surface area contributed by atoms with Crippen molar-refractivity contribution in [1.82, 2.24) is 19.5 Å². The highest BCUT2D eigenvalue weighted by atomic mass is 19.1. The maximum Gasteiger partial charge on any atom is 0.174 e. The zero-order valence-electron chi connectivity index (χ0n) is 30.5. The summed E-state index contributed by atoms with van der Waals surface area (Å²) >= 11 is 0. The number of hydrogen-bond acceptors (Lipinski definition) is 6. The highest BCUT2D eigenvalue weighted by Gasteiger charge is 2.53. The van der Waals surface area contributed by atoms with Gasteiger partial charge in [-0.2, -0.15) is 0 Å². The van der Waals surface area contributed by atoms with Crippen LogP contribution in [0.1, 0.15) is 39.6 Å². The number of alkyl halides is 1. The molecule has 0 N–H and O–H groups in total. The van der Waals surface area contributed by atoms with Gasteiger partial charge in [-0.15, -0.1) is 0 Å². The molecule has 0 spiro atoms. The lowest BCUT2D eigenvalue weighted by molar-refractivity contribution is -0.128. The number of nitrogens with zero attached hydrogens (tertiary/aromatic N) is 4. The second kappa shape index (κ2) is 15.4. The van der Waals surface area contributed by atoms with Crippen LogP contribution in [0.4, 0.5) is 4.39 Å². The van der Waals surface area contributed by atoms with E-state index >= 15 is 4.39 Å². The molecule has 0 aliphatic carbocycles. The Morgan fingerprint density at radius 2 is 0.964 bits per heavy atom. The summed E-state index contributed by atoms with van der Waals surface area (Å²) < 4.78 is 41.1. The average molecular weight is 739 g/mol. The molecule has 1 aliphatic rings. The minimum atomic E-state index is -1.67. The molecule has 1 fully saturated rings. The SMILES string of the molecule is F[C@H]1[C@H](OC(c2ccccc2)(c2ccccc2)c2ccccc2)[C@@H](COC(c2ccccc2)(c2ccccc2)c2ccccc2)O[C@H]1n1cnc2cncnc21. The molecule has 0 unspecified atom stereocenters. The fourth-order valence-electron chi connectivity index (χ4n) is 8.07. The Bertz CT molecular complexity index is 2280. The molecule has 1 aliphatic heterocycles. The maximum absolute atomic E-state index is 17.9. The molecular weight excluding hydrogens is 700 g/mol. The van der Waals surface area contributed by atoms with E-state index in [1.165, 1.54) is 6.33 Å². The Morgan fingerprint density at radius 1 is 0.554 bits per heavy atom. The summed E-state index contributed by atoms with van der Waals surface area (Å²) in [5.41, 5.74) is 3.99. The first kappa shape index (κ1) is 35.4. The largest absolute Gasteiger partial charge is 0.358 e. The van der Waals surface area contributed by atoms with Crippen molar-refractivity contribution < 1.29 is 18.6 Å². The lowest BCUT2D eigenvalue weighted by Crippen LogP contribution is -2.45. The van der Waals surface area contributed by atoms with Gasteiger partial charge in [0.15, 0.2) is 18.0 Å². The van der Waals surface area contributed by atoms with Gasteiger partial charge in [-0.3, -0.25) is 4.57 Å². The Hall–Kier alpha value is -6.32. The van der Waals surface area contributed by atoms with E-state index in [4.69, 9.17) is 14.2 Å². The molecular formula is C48H39FN4O3. The minimum absolute atomic E-state index is 0.0314. The van der Waals surface area contributed by atoms with Gasteiger partial charge < -0.3 is 14.2 Å². The van der Waals surface area contributed by atoms with Crippen molar-refractivity contribution in [2.24, 2.45) is 0 Å². The van der Waals surface area contributed by atoms with E-state index in [-0.39, 0.29) is 6.61 Å². The lowest BCUT2D eigenvalue weighted by Gasteiger charge is -2.40. The van der Waals surface area contributed by atoms with Crippen molar-refractivity contribution in [2.45, 2.75) is 35.8 Å². The Balaban J connectivity index is 1.21. The molecule has 7 nitrogen and oxygen atoms in total. The summed E-state index contributed by atoms with van der Waals surface area (Å²) in [6, 6.07) is 60.3. The number of aromatic nitrogens is 4. The van der Waals surface area contributed by atoms with E-state index in [0.717, 1.165) is 33.4 Å². The van der Waals surface area contributed by atoms with Gasteiger partial charge in [-0.05, 0) is 33.4 Å². The maximum atomic E-state index is 17.9. The van der Waals surface area contributed by atoms with Crippen molar-refractivity contribution in [3.05, 3.63) is 234 Å². The van der Waals surface area contributed by atoms with E-state index in [0.29, 0.717) is 11.2 Å². The molecule has 1 saturated heterocycles. The van der Waals surface area contributed by atoms with Crippen LogP contribution in [0.5, 0.6) is 0 Å². The first-order chi connectivity index (χ1) is 27.7. The van der Waals surface area contributed by atoms with Crippen molar-refractivity contribution in [3.63, 3.8) is 0 Å². The molecule has 4 atom stereocenters. The van der Waals surface area contributed by atoms with Crippen LogP contribution in [0.25, 0.3) is 11.2 Å². The summed E-state index contributed by atoms with van der Waals surface area (Å²) in [6.45, 7) is -0.0314. The number of hydrogen-bond donors (Lipinski definition) is 0. The molecule has 9 rings (SSSR count). The molecule has 0 radical (unpaired) electrons. The highest BCUT2D eigenvalue weighted by molar-refractivity contribution is 5.69. The average Bonchev–Trinajstić information content (AvgIpc) is 3.84. The van der Waals surface area contributed by atoms with E-state index in [9.17, 15) is 0 Å². The number of benzene rings is 6. The molecule has 3 heterocycles. The molecule has 0 bridgehead atoms. The van der Waals surface area contributed by atoms with Crippen LogP contribution in [0.3, 0.4) is 0 Å². The van der Waals surface area contributed by atoms with Crippen molar-refractivity contribution in [2.75, 3.05) is 6.61 Å². The fourth-order valence-corrected chi connectivity index (χ4v) is 8.07. The van der Waals surface area contributed by atoms with Crippen LogP contribution in [0.2, 0.25) is 0 Å². The van der Waals surface area contributed by atoms with E-state index in [1.54, 1.807) is 17.1 Å².